The Morgan fingerprint density at radius 2 is 2.07 bits per heavy atom. The Hall–Kier alpha value is -2.60. The first kappa shape index (κ1) is 18.7. The van der Waals surface area contributed by atoms with E-state index in [-0.39, 0.29) is 5.91 Å². The van der Waals surface area contributed by atoms with Crippen LogP contribution in [0.4, 0.5) is 0 Å². The molecule has 0 bridgehead atoms. The quantitative estimate of drug-likeness (QED) is 0.697. The normalized spacial score (nSPS) is 17.4. The molecular weight excluding hydrogens is 350 g/mol. The standard InChI is InChI=1S/C22H29N5O/c1-15(2)27-14-19(23-16(27)3)21-12-18(20-8-6-7-10-26(20)21)22(28)25-11-9-17(13-25)24(4)5/h6-8,10,12,14-15,17H,9,11,13H2,1-5H3/t17-/m0/s1. The minimum absolute atomic E-state index is 0.110. The fraction of sp³-hybridized carbons (Fsp3) is 0.455. The number of aromatic nitrogens is 3. The molecule has 1 amide bonds. The fourth-order valence-electron chi connectivity index (χ4n) is 4.17. The summed E-state index contributed by atoms with van der Waals surface area (Å²) in [5, 5.41) is 0. The Labute approximate surface area is 166 Å². The summed E-state index contributed by atoms with van der Waals surface area (Å²) < 4.78 is 4.25. The van der Waals surface area contributed by atoms with Gasteiger partial charge in [0, 0.05) is 37.6 Å². The van der Waals surface area contributed by atoms with Crippen LogP contribution in [0.1, 0.15) is 42.5 Å². The number of rotatable bonds is 4. The van der Waals surface area contributed by atoms with Crippen LogP contribution in [-0.2, 0) is 0 Å². The number of aryl methyl sites for hydroxylation is 1. The van der Waals surface area contributed by atoms with E-state index in [0.717, 1.165) is 47.8 Å². The van der Waals surface area contributed by atoms with Gasteiger partial charge in [-0.1, -0.05) is 6.07 Å². The molecule has 0 N–H and O–H groups in total. The second-order valence-electron chi connectivity index (χ2n) is 8.23. The van der Waals surface area contributed by atoms with Gasteiger partial charge in [-0.3, -0.25) is 4.79 Å². The van der Waals surface area contributed by atoms with E-state index in [9.17, 15) is 4.79 Å². The van der Waals surface area contributed by atoms with Crippen molar-refractivity contribution in [3.63, 3.8) is 0 Å². The van der Waals surface area contributed by atoms with E-state index >= 15 is 0 Å². The fourth-order valence-corrected chi connectivity index (χ4v) is 4.17. The second kappa shape index (κ2) is 7.09. The topological polar surface area (TPSA) is 45.8 Å². The van der Waals surface area contributed by atoms with Crippen molar-refractivity contribution in [3.05, 3.63) is 48.0 Å². The van der Waals surface area contributed by atoms with Crippen LogP contribution >= 0.6 is 0 Å². The van der Waals surface area contributed by atoms with E-state index in [1.807, 2.05) is 42.3 Å². The zero-order valence-corrected chi connectivity index (χ0v) is 17.4. The molecule has 1 atom stereocenters. The van der Waals surface area contributed by atoms with Crippen LogP contribution in [0, 0.1) is 6.92 Å². The molecular formula is C22H29N5O. The Kier molecular flexibility index (Phi) is 4.75. The summed E-state index contributed by atoms with van der Waals surface area (Å²) in [6.07, 6.45) is 5.12. The van der Waals surface area contributed by atoms with Crippen molar-refractivity contribution in [1.82, 2.24) is 23.8 Å². The number of hydrogen-bond acceptors (Lipinski definition) is 3. The van der Waals surface area contributed by atoms with Crippen molar-refractivity contribution in [2.24, 2.45) is 0 Å². The highest BCUT2D eigenvalue weighted by Gasteiger charge is 2.30. The summed E-state index contributed by atoms with van der Waals surface area (Å²) in [7, 11) is 4.16. The number of amides is 1. The Morgan fingerprint density at radius 1 is 1.29 bits per heavy atom. The van der Waals surface area contributed by atoms with E-state index in [1.54, 1.807) is 0 Å². The van der Waals surface area contributed by atoms with E-state index in [4.69, 9.17) is 4.98 Å². The largest absolute Gasteiger partial charge is 0.337 e. The van der Waals surface area contributed by atoms with Crippen molar-refractivity contribution in [2.75, 3.05) is 27.2 Å². The smallest absolute Gasteiger partial charge is 0.256 e. The van der Waals surface area contributed by atoms with Crippen LogP contribution in [0.2, 0.25) is 0 Å². The summed E-state index contributed by atoms with van der Waals surface area (Å²) in [6.45, 7) is 7.92. The van der Waals surface area contributed by atoms with Crippen LogP contribution in [0.3, 0.4) is 0 Å². The summed E-state index contributed by atoms with van der Waals surface area (Å²) in [6, 6.07) is 8.79. The molecule has 28 heavy (non-hydrogen) atoms. The maximum Gasteiger partial charge on any atom is 0.256 e. The van der Waals surface area contributed by atoms with Crippen molar-refractivity contribution < 1.29 is 4.79 Å². The van der Waals surface area contributed by atoms with E-state index in [0.29, 0.717) is 12.1 Å². The second-order valence-corrected chi connectivity index (χ2v) is 8.23. The van der Waals surface area contributed by atoms with E-state index < -0.39 is 0 Å². The predicted octanol–water partition coefficient (Wildman–Crippen LogP) is 3.47. The molecule has 148 valence electrons. The lowest BCUT2D eigenvalue weighted by atomic mass is 10.2. The maximum absolute atomic E-state index is 13.3. The molecule has 3 aromatic heterocycles. The van der Waals surface area contributed by atoms with E-state index in [1.165, 1.54) is 0 Å². The van der Waals surface area contributed by atoms with Gasteiger partial charge in [0.05, 0.1) is 16.8 Å². The van der Waals surface area contributed by atoms with Crippen molar-refractivity contribution in [3.8, 4) is 11.4 Å². The third-order valence-corrected chi connectivity index (χ3v) is 5.82. The lowest BCUT2D eigenvalue weighted by Crippen LogP contribution is -2.34. The van der Waals surface area contributed by atoms with Crippen molar-refractivity contribution in [2.45, 2.75) is 39.3 Å². The number of pyridine rings is 1. The summed E-state index contributed by atoms with van der Waals surface area (Å²) in [5.74, 6) is 1.09. The highest BCUT2D eigenvalue weighted by atomic mass is 16.2. The van der Waals surface area contributed by atoms with Gasteiger partial charge < -0.3 is 18.8 Å². The van der Waals surface area contributed by atoms with E-state index in [2.05, 4.69) is 48.0 Å². The van der Waals surface area contributed by atoms with Gasteiger partial charge >= 0.3 is 0 Å². The van der Waals surface area contributed by atoms with Crippen LogP contribution in [0.5, 0.6) is 0 Å². The van der Waals surface area contributed by atoms with Gasteiger partial charge in [0.15, 0.2) is 0 Å². The SMILES string of the molecule is Cc1nc(-c2cc(C(=O)N3CC[C@H](N(C)C)C3)c3ccccn23)cn1C(C)C. The number of nitrogens with zero attached hydrogens (tertiary/aromatic N) is 5. The van der Waals surface area contributed by atoms with Gasteiger partial charge in [0.1, 0.15) is 11.5 Å². The molecule has 0 radical (unpaired) electrons. The molecule has 1 aliphatic heterocycles. The lowest BCUT2D eigenvalue weighted by Gasteiger charge is -2.20. The predicted molar refractivity (Wildman–Crippen MR) is 112 cm³/mol. The van der Waals surface area contributed by atoms with Gasteiger partial charge in [-0.2, -0.15) is 0 Å². The van der Waals surface area contributed by atoms with Crippen LogP contribution in [0.15, 0.2) is 36.7 Å². The third-order valence-electron chi connectivity index (χ3n) is 5.82. The summed E-state index contributed by atoms with van der Waals surface area (Å²) >= 11 is 0. The number of likely N-dealkylation sites (N-methyl/N-ethyl adjacent to an activating group) is 1. The summed E-state index contributed by atoms with van der Waals surface area (Å²) in [4.78, 5) is 22.3. The molecule has 0 aliphatic carbocycles. The molecule has 3 aromatic rings. The molecule has 1 fully saturated rings. The molecule has 0 aromatic carbocycles. The van der Waals surface area contributed by atoms with Gasteiger partial charge in [0.25, 0.3) is 5.91 Å². The molecule has 0 spiro atoms. The van der Waals surface area contributed by atoms with Gasteiger partial charge in [0.2, 0.25) is 0 Å². The number of hydrogen-bond donors (Lipinski definition) is 0. The maximum atomic E-state index is 13.3. The van der Waals surface area contributed by atoms with Crippen LogP contribution < -0.4 is 0 Å². The first-order valence-electron chi connectivity index (χ1n) is 9.98. The molecule has 4 heterocycles. The first-order valence-corrected chi connectivity index (χ1v) is 9.98. The number of fused-ring (bicyclic) bond motifs is 1. The van der Waals surface area contributed by atoms with Gasteiger partial charge in [-0.25, -0.2) is 4.98 Å². The average molecular weight is 380 g/mol. The number of likely N-dealkylation sites (tertiary alicyclic amines) is 1. The lowest BCUT2D eigenvalue weighted by molar-refractivity contribution is 0.0785. The van der Waals surface area contributed by atoms with Crippen LogP contribution in [-0.4, -0.2) is 62.9 Å². The van der Waals surface area contributed by atoms with Crippen molar-refractivity contribution >= 4 is 11.4 Å². The molecule has 1 aliphatic rings. The molecule has 6 heteroatoms. The monoisotopic (exact) mass is 379 g/mol. The zero-order chi connectivity index (χ0) is 20.0. The Morgan fingerprint density at radius 3 is 2.71 bits per heavy atom. The average Bonchev–Trinajstić information content (AvgIpc) is 3.37. The van der Waals surface area contributed by atoms with Gasteiger partial charge in [-0.05, 0) is 59.5 Å². The highest BCUT2D eigenvalue weighted by molar-refractivity contribution is 6.03. The third kappa shape index (κ3) is 3.11. The molecule has 6 nitrogen and oxygen atoms in total. The number of carbonyl (C=O) groups is 1. The minimum Gasteiger partial charge on any atom is -0.337 e. The Balaban J connectivity index is 1.75. The number of imidazole rings is 1. The first-order chi connectivity index (χ1) is 13.4. The molecule has 0 unspecified atom stereocenters. The summed E-state index contributed by atoms with van der Waals surface area (Å²) in [5.41, 5.74) is 3.56. The molecule has 1 saturated heterocycles. The number of carbonyl (C=O) groups excluding carboxylic acids is 1. The minimum atomic E-state index is 0.110. The zero-order valence-electron chi connectivity index (χ0n) is 17.4. The molecule has 0 saturated carbocycles. The Bertz CT molecular complexity index is 1010. The van der Waals surface area contributed by atoms with Crippen LogP contribution in [0.25, 0.3) is 16.9 Å². The highest BCUT2D eigenvalue weighted by Crippen LogP contribution is 2.28. The van der Waals surface area contributed by atoms with Crippen molar-refractivity contribution in [1.29, 1.82) is 0 Å². The van der Waals surface area contributed by atoms with Gasteiger partial charge in [-0.15, -0.1) is 0 Å². The molecule has 4 rings (SSSR count).